The SMILES string of the molecule is CC(C)(C(=O)Nc1cccc(C(F)(F)F)n1)S(=O)(=O)c1ccccc1.Cn1nc(-c2ccccc2)cc1NC(=O)C(C)(C)S(=O)(=O)c1ccccc1. The molecule has 274 valence electrons. The molecule has 2 amide bonds. The van der Waals surface area contributed by atoms with E-state index < -0.39 is 52.9 Å². The molecule has 0 saturated heterocycles. The van der Waals surface area contributed by atoms with Gasteiger partial charge in [-0.15, -0.1) is 0 Å². The number of aromatic nitrogens is 3. The summed E-state index contributed by atoms with van der Waals surface area (Å²) >= 11 is 0. The van der Waals surface area contributed by atoms with Crippen LogP contribution >= 0.6 is 0 Å². The Morgan fingerprint density at radius 2 is 1.08 bits per heavy atom. The molecule has 2 heterocycles. The summed E-state index contributed by atoms with van der Waals surface area (Å²) in [6.45, 7) is 5.16. The predicted molar refractivity (Wildman–Crippen MR) is 191 cm³/mol. The summed E-state index contributed by atoms with van der Waals surface area (Å²) in [5, 5.41) is 9.23. The van der Waals surface area contributed by atoms with E-state index in [1.54, 1.807) is 37.4 Å². The number of alkyl halides is 3. The normalized spacial score (nSPS) is 12.3. The Hall–Kier alpha value is -5.35. The summed E-state index contributed by atoms with van der Waals surface area (Å²) < 4.78 is 87.1. The summed E-state index contributed by atoms with van der Waals surface area (Å²) in [6.07, 6.45) is -4.67. The Balaban J connectivity index is 0.000000234. The Bertz CT molecular complexity index is 2260. The monoisotopic (exact) mass is 755 g/mol. The van der Waals surface area contributed by atoms with Crippen molar-refractivity contribution in [3.63, 3.8) is 0 Å². The highest BCUT2D eigenvalue weighted by Crippen LogP contribution is 2.31. The molecule has 0 atom stereocenters. The third kappa shape index (κ3) is 8.40. The van der Waals surface area contributed by atoms with Gasteiger partial charge in [0.25, 0.3) is 0 Å². The zero-order valence-electron chi connectivity index (χ0n) is 28.7. The van der Waals surface area contributed by atoms with Gasteiger partial charge >= 0.3 is 6.18 Å². The number of amides is 2. The maximum absolute atomic E-state index is 12.9. The van der Waals surface area contributed by atoms with E-state index in [1.165, 1.54) is 68.8 Å². The van der Waals surface area contributed by atoms with Crippen molar-refractivity contribution in [2.45, 2.75) is 53.2 Å². The van der Waals surface area contributed by atoms with Crippen LogP contribution in [0.5, 0.6) is 0 Å². The quantitative estimate of drug-likeness (QED) is 0.171. The molecule has 0 fully saturated rings. The lowest BCUT2D eigenvalue weighted by molar-refractivity contribution is -0.141. The third-order valence-electron chi connectivity index (χ3n) is 8.02. The molecule has 0 radical (unpaired) electrons. The van der Waals surface area contributed by atoms with Gasteiger partial charge in [0, 0.05) is 18.7 Å². The summed E-state index contributed by atoms with van der Waals surface area (Å²) in [4.78, 5) is 28.6. The fourth-order valence-corrected chi connectivity index (χ4v) is 7.36. The predicted octanol–water partition coefficient (Wildman–Crippen LogP) is 6.57. The zero-order valence-corrected chi connectivity index (χ0v) is 30.3. The van der Waals surface area contributed by atoms with Crippen LogP contribution in [-0.4, -0.2) is 52.9 Å². The van der Waals surface area contributed by atoms with Crippen molar-refractivity contribution in [1.82, 2.24) is 14.8 Å². The second kappa shape index (κ2) is 15.1. The lowest BCUT2D eigenvalue weighted by atomic mass is 10.1. The molecule has 16 heteroatoms. The van der Waals surface area contributed by atoms with Crippen molar-refractivity contribution < 1.29 is 39.6 Å². The summed E-state index contributed by atoms with van der Waals surface area (Å²) in [7, 11) is -6.22. The minimum Gasteiger partial charge on any atom is -0.310 e. The molecule has 0 spiro atoms. The first-order chi connectivity index (χ1) is 24.2. The molecule has 0 aliphatic carbocycles. The van der Waals surface area contributed by atoms with Gasteiger partial charge in [-0.3, -0.25) is 14.3 Å². The molecule has 5 aromatic rings. The topological polar surface area (TPSA) is 157 Å². The van der Waals surface area contributed by atoms with Crippen molar-refractivity contribution in [1.29, 1.82) is 0 Å². The van der Waals surface area contributed by atoms with Gasteiger partial charge in [0.1, 0.15) is 26.8 Å². The zero-order chi connectivity index (χ0) is 38.5. The van der Waals surface area contributed by atoms with Crippen LogP contribution in [0.4, 0.5) is 24.8 Å². The number of rotatable bonds is 9. The number of sulfone groups is 2. The van der Waals surface area contributed by atoms with E-state index in [0.717, 1.165) is 23.8 Å². The average molecular weight is 756 g/mol. The van der Waals surface area contributed by atoms with Gasteiger partial charge in [0.2, 0.25) is 11.8 Å². The van der Waals surface area contributed by atoms with Crippen LogP contribution in [0.3, 0.4) is 0 Å². The van der Waals surface area contributed by atoms with Crippen molar-refractivity contribution in [3.8, 4) is 11.3 Å². The minimum absolute atomic E-state index is 0.0628. The molecule has 0 unspecified atom stereocenters. The van der Waals surface area contributed by atoms with Crippen LogP contribution in [0.15, 0.2) is 125 Å². The lowest BCUT2D eigenvalue weighted by Gasteiger charge is -2.23. The Morgan fingerprint density at radius 1 is 0.635 bits per heavy atom. The molecule has 0 aliphatic rings. The summed E-state index contributed by atoms with van der Waals surface area (Å²) in [5.41, 5.74) is 0.413. The number of halogens is 3. The molecule has 5 rings (SSSR count). The number of nitrogens with zero attached hydrogens (tertiary/aromatic N) is 3. The first-order valence-corrected chi connectivity index (χ1v) is 18.5. The van der Waals surface area contributed by atoms with E-state index in [-0.39, 0.29) is 15.6 Å². The number of pyridine rings is 1. The molecule has 0 saturated carbocycles. The molecular weight excluding hydrogens is 720 g/mol. The van der Waals surface area contributed by atoms with E-state index in [9.17, 15) is 39.6 Å². The summed E-state index contributed by atoms with van der Waals surface area (Å²) in [6, 6.07) is 29.5. The van der Waals surface area contributed by atoms with Crippen molar-refractivity contribution in [3.05, 3.63) is 121 Å². The standard InChI is InChI=1S/C20H21N3O3S.C16H15F3N2O3S/c1-20(2,27(25,26)16-12-8-5-9-13-16)19(24)21-18-14-17(22-23(18)3)15-10-6-4-7-11-15;1-15(2,25(23,24)11-7-4-3-5-8-11)14(22)21-13-10-6-9-12(20-13)16(17,18)19/h4-14H,1-3H3,(H,21,24);3-10H,1-2H3,(H,20,21,22). The number of carbonyl (C=O) groups excluding carboxylic acids is 2. The first kappa shape index (κ1) is 39.4. The van der Waals surface area contributed by atoms with E-state index >= 15 is 0 Å². The molecule has 52 heavy (non-hydrogen) atoms. The third-order valence-corrected chi connectivity index (χ3v) is 12.9. The van der Waals surface area contributed by atoms with Crippen LogP contribution in [0.25, 0.3) is 11.3 Å². The fraction of sp³-hybridized carbons (Fsp3) is 0.222. The number of carbonyl (C=O) groups is 2. The largest absolute Gasteiger partial charge is 0.433 e. The second-order valence-electron chi connectivity index (χ2n) is 12.4. The number of benzene rings is 3. The molecule has 0 bridgehead atoms. The van der Waals surface area contributed by atoms with Gasteiger partial charge in [-0.05, 0) is 64.1 Å². The maximum atomic E-state index is 12.9. The van der Waals surface area contributed by atoms with Gasteiger partial charge in [0.15, 0.2) is 19.7 Å². The Kier molecular flexibility index (Phi) is 11.4. The van der Waals surface area contributed by atoms with Gasteiger partial charge in [-0.25, -0.2) is 21.8 Å². The van der Waals surface area contributed by atoms with Gasteiger partial charge in [-0.1, -0.05) is 72.8 Å². The first-order valence-electron chi connectivity index (χ1n) is 15.6. The van der Waals surface area contributed by atoms with Crippen LogP contribution in [0.2, 0.25) is 0 Å². The van der Waals surface area contributed by atoms with Crippen molar-refractivity contribution >= 4 is 43.1 Å². The van der Waals surface area contributed by atoms with E-state index in [4.69, 9.17) is 0 Å². The van der Waals surface area contributed by atoms with E-state index in [1.807, 2.05) is 30.3 Å². The van der Waals surface area contributed by atoms with Gasteiger partial charge < -0.3 is 10.6 Å². The number of hydrogen-bond donors (Lipinski definition) is 2. The highest BCUT2D eigenvalue weighted by atomic mass is 32.2. The van der Waals surface area contributed by atoms with Crippen molar-refractivity contribution in [2.24, 2.45) is 7.05 Å². The molecular formula is C36H36F3N5O6S2. The van der Waals surface area contributed by atoms with E-state index in [2.05, 4.69) is 20.7 Å². The number of nitrogens with one attached hydrogen (secondary N) is 2. The average Bonchev–Trinajstić information content (AvgIpc) is 3.48. The highest BCUT2D eigenvalue weighted by Gasteiger charge is 2.44. The fourth-order valence-electron chi connectivity index (χ4n) is 4.56. The van der Waals surface area contributed by atoms with Crippen LogP contribution in [0, 0.1) is 0 Å². The Morgan fingerprint density at radius 3 is 1.54 bits per heavy atom. The molecule has 11 nitrogen and oxygen atoms in total. The smallest absolute Gasteiger partial charge is 0.310 e. The molecule has 2 aromatic heterocycles. The maximum Gasteiger partial charge on any atom is 0.433 e. The summed E-state index contributed by atoms with van der Waals surface area (Å²) in [5.74, 6) is -1.55. The molecule has 3 aromatic carbocycles. The molecule has 0 aliphatic heterocycles. The van der Waals surface area contributed by atoms with Crippen LogP contribution in [-0.2, 0) is 42.5 Å². The van der Waals surface area contributed by atoms with Crippen LogP contribution < -0.4 is 10.6 Å². The van der Waals surface area contributed by atoms with Gasteiger partial charge in [-0.2, -0.15) is 18.3 Å². The minimum atomic E-state index is -4.67. The lowest BCUT2D eigenvalue weighted by Crippen LogP contribution is -2.44. The van der Waals surface area contributed by atoms with Crippen molar-refractivity contribution in [2.75, 3.05) is 10.6 Å². The molecule has 2 N–H and O–H groups in total. The van der Waals surface area contributed by atoms with Crippen LogP contribution in [0.1, 0.15) is 33.4 Å². The van der Waals surface area contributed by atoms with Gasteiger partial charge in [0.05, 0.1) is 15.5 Å². The van der Waals surface area contributed by atoms with E-state index in [0.29, 0.717) is 11.5 Å². The Labute approximate surface area is 299 Å². The number of anilines is 2. The number of aryl methyl sites for hydroxylation is 1. The highest BCUT2D eigenvalue weighted by molar-refractivity contribution is 7.94. The second-order valence-corrected chi connectivity index (χ2v) is 17.4. The number of hydrogen-bond acceptors (Lipinski definition) is 8.